The highest BCUT2D eigenvalue weighted by molar-refractivity contribution is 6.39. The van der Waals surface area contributed by atoms with Gasteiger partial charge in [-0.3, -0.25) is 19.1 Å². The molecule has 1 aromatic rings. The molecule has 2 atom stereocenters. The van der Waals surface area contributed by atoms with Crippen LogP contribution < -0.4 is 11.2 Å². The van der Waals surface area contributed by atoms with Crippen molar-refractivity contribution < 1.29 is 14.6 Å². The number of aliphatic hydroxyl groups is 1. The van der Waals surface area contributed by atoms with Crippen molar-refractivity contribution in [2.45, 2.75) is 30.6 Å². The molecule has 4 radical (unpaired) electrons. The summed E-state index contributed by atoms with van der Waals surface area (Å²) in [5.41, 5.74) is -1.67. The van der Waals surface area contributed by atoms with Gasteiger partial charge in [0.15, 0.2) is 6.29 Å². The van der Waals surface area contributed by atoms with Gasteiger partial charge in [0.2, 0.25) is 0 Å². The van der Waals surface area contributed by atoms with Gasteiger partial charge in [0.1, 0.15) is 21.9 Å². The normalized spacial score (nSPS) is 23.4. The Kier molecular flexibility index (Phi) is 3.51. The van der Waals surface area contributed by atoms with Crippen LogP contribution in [-0.2, 0) is 4.74 Å². The summed E-state index contributed by atoms with van der Waals surface area (Å²) in [5.74, 6) is 0. The Bertz CT molecular complexity index is 603. The molecule has 0 aromatic carbocycles. The van der Waals surface area contributed by atoms with E-state index in [2.05, 4.69) is 0 Å². The Hall–Kier alpha value is -1.60. The van der Waals surface area contributed by atoms with Crippen LogP contribution in [0, 0.1) is 0 Å². The summed E-state index contributed by atoms with van der Waals surface area (Å²) in [4.78, 5) is 35.6. The zero-order valence-electron chi connectivity index (χ0n) is 9.91. The number of carbonyl (C=O) groups excluding carboxylic acids is 1. The van der Waals surface area contributed by atoms with Gasteiger partial charge in [-0.25, -0.2) is 4.79 Å². The van der Waals surface area contributed by atoms with Gasteiger partial charge >= 0.3 is 5.69 Å². The highest BCUT2D eigenvalue weighted by Gasteiger charge is 2.35. The van der Waals surface area contributed by atoms with Crippen molar-refractivity contribution >= 4 is 22.0 Å². The predicted octanol–water partition coefficient (Wildman–Crippen LogP) is -1.99. The summed E-state index contributed by atoms with van der Waals surface area (Å²) in [6.45, 7) is 0. The zero-order valence-corrected chi connectivity index (χ0v) is 9.91. The van der Waals surface area contributed by atoms with Crippen LogP contribution in [0.4, 0.5) is 0 Å². The Balaban J connectivity index is 2.32. The monoisotopic (exact) mass is 260 g/mol. The van der Waals surface area contributed by atoms with E-state index in [1.165, 1.54) is 0 Å². The van der Waals surface area contributed by atoms with E-state index in [0.717, 1.165) is 10.8 Å². The van der Waals surface area contributed by atoms with Gasteiger partial charge in [-0.15, -0.1) is 0 Å². The van der Waals surface area contributed by atoms with Crippen molar-refractivity contribution in [2.24, 2.45) is 0 Å². The molecule has 0 bridgehead atoms. The second kappa shape index (κ2) is 4.82. The Morgan fingerprint density at radius 3 is 2.68 bits per heavy atom. The standard InChI is InChI=1S/C10H10B2N2O5/c11-10(12,18)6-1-2-7(19-6)14-3-5(4-15)8(16)13-9(14)17/h3-4,6-7,18H,1-2H2,(H,13,16,17). The minimum atomic E-state index is -2.01. The van der Waals surface area contributed by atoms with Crippen LogP contribution in [0.25, 0.3) is 0 Å². The fraction of sp³-hybridized carbons (Fsp3) is 0.500. The van der Waals surface area contributed by atoms with Crippen molar-refractivity contribution in [2.75, 3.05) is 0 Å². The van der Waals surface area contributed by atoms with E-state index >= 15 is 0 Å². The first-order chi connectivity index (χ1) is 8.82. The number of H-pyrrole nitrogens is 1. The third-order valence-electron chi connectivity index (χ3n) is 2.95. The maximum atomic E-state index is 11.6. The number of ether oxygens (including phenoxy) is 1. The van der Waals surface area contributed by atoms with Gasteiger partial charge in [-0.1, -0.05) is 0 Å². The molecule has 1 aromatic heterocycles. The van der Waals surface area contributed by atoms with Gasteiger partial charge in [-0.2, -0.15) is 0 Å². The minimum absolute atomic E-state index is 0.192. The number of hydrogen-bond donors (Lipinski definition) is 2. The number of rotatable bonds is 3. The second-order valence-electron chi connectivity index (χ2n) is 4.41. The van der Waals surface area contributed by atoms with Crippen LogP contribution >= 0.6 is 0 Å². The first-order valence-electron chi connectivity index (χ1n) is 5.59. The molecule has 7 nitrogen and oxygen atoms in total. The molecule has 0 aliphatic carbocycles. The van der Waals surface area contributed by atoms with Crippen LogP contribution in [0.15, 0.2) is 15.8 Å². The minimum Gasteiger partial charge on any atom is -0.407 e. The number of hydrogen-bond acceptors (Lipinski definition) is 5. The van der Waals surface area contributed by atoms with Crippen LogP contribution in [0.5, 0.6) is 0 Å². The van der Waals surface area contributed by atoms with E-state index < -0.39 is 29.0 Å². The Morgan fingerprint density at radius 2 is 2.16 bits per heavy atom. The van der Waals surface area contributed by atoms with E-state index in [9.17, 15) is 19.5 Å². The van der Waals surface area contributed by atoms with Crippen molar-refractivity contribution in [1.29, 1.82) is 0 Å². The fourth-order valence-electron chi connectivity index (χ4n) is 1.96. The molecule has 2 unspecified atom stereocenters. The summed E-state index contributed by atoms with van der Waals surface area (Å²) < 4.78 is 6.42. The third-order valence-corrected chi connectivity index (χ3v) is 2.95. The lowest BCUT2D eigenvalue weighted by Crippen LogP contribution is -2.43. The first-order valence-corrected chi connectivity index (χ1v) is 5.59. The number of carbonyl (C=O) groups is 1. The van der Waals surface area contributed by atoms with Crippen molar-refractivity contribution in [1.82, 2.24) is 9.55 Å². The van der Waals surface area contributed by atoms with Gasteiger partial charge < -0.3 is 9.84 Å². The number of nitrogens with zero attached hydrogens (tertiary/aromatic N) is 1. The zero-order chi connectivity index (χ0) is 14.2. The first kappa shape index (κ1) is 13.8. The van der Waals surface area contributed by atoms with Gasteiger partial charge in [0.05, 0.1) is 11.7 Å². The van der Waals surface area contributed by atoms with E-state index in [1.807, 2.05) is 4.98 Å². The van der Waals surface area contributed by atoms with E-state index in [4.69, 9.17) is 20.4 Å². The molecule has 9 heteroatoms. The molecule has 1 fully saturated rings. The molecule has 19 heavy (non-hydrogen) atoms. The maximum Gasteiger partial charge on any atom is 0.330 e. The smallest absolute Gasteiger partial charge is 0.330 e. The molecular formula is C10H10B2N2O5. The molecule has 1 aliphatic heterocycles. The SMILES string of the molecule is [B]C([B])(O)C1CCC(n2cc(C=O)c(=O)[nH]c2=O)O1. The lowest BCUT2D eigenvalue weighted by Gasteiger charge is -2.26. The average Bonchev–Trinajstić information content (AvgIpc) is 2.78. The summed E-state index contributed by atoms with van der Waals surface area (Å²) >= 11 is 0. The van der Waals surface area contributed by atoms with E-state index in [1.54, 1.807) is 0 Å². The second-order valence-corrected chi connectivity index (χ2v) is 4.41. The fourth-order valence-corrected chi connectivity index (χ4v) is 1.96. The molecule has 1 saturated heterocycles. The van der Waals surface area contributed by atoms with Crippen molar-refractivity contribution in [3.8, 4) is 0 Å². The number of aromatic nitrogens is 2. The summed E-state index contributed by atoms with van der Waals surface area (Å²) in [7, 11) is 10.6. The van der Waals surface area contributed by atoms with Crippen molar-refractivity contribution in [3.05, 3.63) is 32.6 Å². The van der Waals surface area contributed by atoms with E-state index in [-0.39, 0.29) is 5.56 Å². The quantitative estimate of drug-likeness (QED) is 0.484. The lowest BCUT2D eigenvalue weighted by molar-refractivity contribution is -0.0503. The third kappa shape index (κ3) is 2.71. The maximum absolute atomic E-state index is 11.6. The topological polar surface area (TPSA) is 101 Å². The molecule has 2 N–H and O–H groups in total. The Labute approximate surface area is 110 Å². The molecule has 1 aliphatic rings. The molecule has 2 rings (SSSR count). The molecule has 0 amide bonds. The number of aldehydes is 1. The summed E-state index contributed by atoms with van der Waals surface area (Å²) in [6, 6.07) is 0. The molecule has 0 saturated carbocycles. The molecule has 0 spiro atoms. The molecular weight excluding hydrogens is 250 g/mol. The predicted molar refractivity (Wildman–Crippen MR) is 66.3 cm³/mol. The van der Waals surface area contributed by atoms with Crippen LogP contribution in [0.3, 0.4) is 0 Å². The van der Waals surface area contributed by atoms with Gasteiger partial charge in [-0.05, 0) is 12.8 Å². The Morgan fingerprint density at radius 1 is 1.47 bits per heavy atom. The molecule has 96 valence electrons. The van der Waals surface area contributed by atoms with Crippen LogP contribution in [0.2, 0.25) is 0 Å². The molecule has 2 heterocycles. The van der Waals surface area contributed by atoms with E-state index in [0.29, 0.717) is 19.1 Å². The summed E-state index contributed by atoms with van der Waals surface area (Å²) in [6.07, 6.45) is 0.570. The average molecular weight is 260 g/mol. The number of nitrogens with one attached hydrogen (secondary N) is 1. The highest BCUT2D eigenvalue weighted by Crippen LogP contribution is 2.30. The highest BCUT2D eigenvalue weighted by atomic mass is 16.5. The largest absolute Gasteiger partial charge is 0.407 e. The summed E-state index contributed by atoms with van der Waals surface area (Å²) in [5, 5.41) is 7.42. The van der Waals surface area contributed by atoms with Gasteiger partial charge in [0, 0.05) is 11.6 Å². The van der Waals surface area contributed by atoms with Gasteiger partial charge in [0.25, 0.3) is 5.56 Å². The number of aromatic amines is 1. The lowest BCUT2D eigenvalue weighted by atomic mass is 9.61. The van der Waals surface area contributed by atoms with Crippen LogP contribution in [-0.4, -0.2) is 48.1 Å². The van der Waals surface area contributed by atoms with Crippen molar-refractivity contribution in [3.63, 3.8) is 0 Å². The van der Waals surface area contributed by atoms with Crippen LogP contribution in [0.1, 0.15) is 29.4 Å².